The molecule has 13 heteroatoms. The van der Waals surface area contributed by atoms with Crippen molar-refractivity contribution in [1.29, 1.82) is 0 Å². The van der Waals surface area contributed by atoms with E-state index in [0.29, 0.717) is 0 Å². The van der Waals surface area contributed by atoms with Crippen molar-refractivity contribution in [2.24, 2.45) is 5.92 Å². The van der Waals surface area contributed by atoms with Gasteiger partial charge in [-0.1, -0.05) is 17.7 Å². The van der Waals surface area contributed by atoms with E-state index in [-0.39, 0.29) is 17.0 Å². The van der Waals surface area contributed by atoms with Crippen LogP contribution in [0.3, 0.4) is 0 Å². The first-order valence-corrected chi connectivity index (χ1v) is 11.9. The molecule has 0 aromatic heterocycles. The van der Waals surface area contributed by atoms with E-state index in [1.54, 1.807) is 0 Å². The number of carboxylic acid groups (broad SMARTS) is 2. The predicted molar refractivity (Wildman–Crippen MR) is 99.3 cm³/mol. The Bertz CT molecular complexity index is 894. The van der Waals surface area contributed by atoms with E-state index in [2.05, 4.69) is 0 Å². The van der Waals surface area contributed by atoms with Crippen LogP contribution in [0.1, 0.15) is 25.3 Å². The lowest BCUT2D eigenvalue weighted by molar-refractivity contribution is -0.142. The number of aliphatic carboxylic acids is 2. The molecule has 4 N–H and O–H groups in total. The molecule has 0 heterocycles. The van der Waals surface area contributed by atoms with Gasteiger partial charge >= 0.3 is 11.9 Å². The number of carbonyl (C=O) groups is 2. The van der Waals surface area contributed by atoms with E-state index >= 15 is 0 Å². The summed E-state index contributed by atoms with van der Waals surface area (Å²) in [6, 6.07) is 3.09. The molecule has 1 aromatic carbocycles. The summed E-state index contributed by atoms with van der Waals surface area (Å²) < 4.78 is 52.0. The molecule has 0 bridgehead atoms. The monoisotopic (exact) mass is 459 g/mol. The van der Waals surface area contributed by atoms with Gasteiger partial charge in [-0.05, 0) is 31.0 Å². The van der Waals surface area contributed by atoms with Gasteiger partial charge in [0.1, 0.15) is 5.82 Å². The van der Waals surface area contributed by atoms with Gasteiger partial charge in [0.25, 0.3) is 0 Å². The predicted octanol–water partition coefficient (Wildman–Crippen LogP) is 2.08. The third kappa shape index (κ3) is 7.84. The summed E-state index contributed by atoms with van der Waals surface area (Å²) in [5, 5.41) is 17.6. The summed E-state index contributed by atoms with van der Waals surface area (Å²) in [6.45, 7) is 1.10. The van der Waals surface area contributed by atoms with Gasteiger partial charge in [-0.15, -0.1) is 0 Å². The first kappa shape index (κ1) is 24.5. The smallest absolute Gasteiger partial charge is 0.307 e. The Morgan fingerprint density at radius 1 is 1.32 bits per heavy atom. The van der Waals surface area contributed by atoms with Crippen LogP contribution >= 0.6 is 19.0 Å². The van der Waals surface area contributed by atoms with Gasteiger partial charge < -0.3 is 15.1 Å². The lowest BCUT2D eigenvalue weighted by Crippen LogP contribution is -2.35. The number of hydrogen-bond acceptors (Lipinski definition) is 5. The number of nitrogens with one attached hydrogen (secondary N) is 1. The summed E-state index contributed by atoms with van der Waals surface area (Å²) in [6.07, 6.45) is -1.68. The molecular formula is C15H20ClFNO8PS. The minimum atomic E-state index is -4.33. The number of halogens is 2. The molecular weight excluding hydrogens is 440 g/mol. The quantitative estimate of drug-likeness (QED) is 0.366. The molecule has 3 unspecified atom stereocenters. The lowest BCUT2D eigenvalue weighted by Gasteiger charge is -2.23. The van der Waals surface area contributed by atoms with Gasteiger partial charge in [-0.3, -0.25) is 14.2 Å². The van der Waals surface area contributed by atoms with Crippen molar-refractivity contribution in [3.8, 4) is 0 Å². The van der Waals surface area contributed by atoms with Crippen LogP contribution < -0.4 is 4.72 Å². The first-order valence-electron chi connectivity index (χ1n) is 7.93. The van der Waals surface area contributed by atoms with E-state index in [1.807, 2.05) is 4.72 Å². The van der Waals surface area contributed by atoms with Gasteiger partial charge in [0.2, 0.25) is 17.4 Å². The van der Waals surface area contributed by atoms with Crippen molar-refractivity contribution in [1.82, 2.24) is 4.72 Å². The van der Waals surface area contributed by atoms with Gasteiger partial charge in [0.15, 0.2) is 0 Å². The summed E-state index contributed by atoms with van der Waals surface area (Å²) in [7, 11) is -8.50. The Balaban J connectivity index is 2.86. The summed E-state index contributed by atoms with van der Waals surface area (Å²) in [4.78, 5) is 31.9. The van der Waals surface area contributed by atoms with E-state index in [9.17, 15) is 31.9 Å². The molecule has 28 heavy (non-hydrogen) atoms. The third-order valence-corrected chi connectivity index (χ3v) is 8.09. The van der Waals surface area contributed by atoms with Crippen LogP contribution in [0.4, 0.5) is 4.39 Å². The van der Waals surface area contributed by atoms with Crippen molar-refractivity contribution in [2.45, 2.75) is 31.3 Å². The normalized spacial score (nSPS) is 16.1. The fraction of sp³-hybridized carbons (Fsp3) is 0.467. The number of rotatable bonds is 11. The fourth-order valence-electron chi connectivity index (χ4n) is 2.29. The Morgan fingerprint density at radius 2 is 1.93 bits per heavy atom. The molecule has 0 aliphatic heterocycles. The molecule has 0 saturated heterocycles. The number of hydrogen-bond donors (Lipinski definition) is 4. The maximum absolute atomic E-state index is 13.0. The molecule has 0 aliphatic rings. The Labute approximate surface area is 166 Å². The average Bonchev–Trinajstić information content (AvgIpc) is 2.53. The van der Waals surface area contributed by atoms with Crippen LogP contribution in [0.15, 0.2) is 18.2 Å². The second-order valence-electron chi connectivity index (χ2n) is 6.19. The fourth-order valence-corrected chi connectivity index (χ4v) is 6.30. The van der Waals surface area contributed by atoms with Crippen molar-refractivity contribution in [3.63, 3.8) is 0 Å². The standard InChI is InChI=1S/C15H20ClFNO8PS/c1-9(27(23,24)7-10(15(21)22)3-5-14(19)20)18-28(25,26)8-11-2-4-12(17)6-13(11)16/h2,4,6,9-10,18H,3,5,7-8H2,1H3,(H,19,20)(H,21,22)(H,23,24). The average molecular weight is 460 g/mol. The van der Waals surface area contributed by atoms with Crippen LogP contribution in [-0.2, 0) is 29.9 Å². The van der Waals surface area contributed by atoms with Crippen molar-refractivity contribution < 1.29 is 42.1 Å². The molecule has 0 radical (unpaired) electrons. The van der Waals surface area contributed by atoms with Crippen LogP contribution in [0.2, 0.25) is 5.02 Å². The lowest BCUT2D eigenvalue weighted by atomic mass is 10.1. The Hall–Kier alpha value is -1.52. The maximum Gasteiger partial charge on any atom is 0.307 e. The molecule has 0 fully saturated rings. The highest BCUT2D eigenvalue weighted by molar-refractivity contribution is 7.89. The topological polar surface area (TPSA) is 158 Å². The second kappa shape index (κ2) is 9.80. The van der Waals surface area contributed by atoms with Gasteiger partial charge in [-0.25, -0.2) is 17.5 Å². The summed E-state index contributed by atoms with van der Waals surface area (Å²) >= 11 is 5.78. The highest BCUT2D eigenvalue weighted by Crippen LogP contribution is 2.47. The van der Waals surface area contributed by atoms with E-state index < -0.39 is 65.2 Å². The third-order valence-electron chi connectivity index (χ3n) is 3.85. The van der Waals surface area contributed by atoms with E-state index in [0.717, 1.165) is 25.1 Å². The molecule has 1 rings (SSSR count). The number of sulfonamides is 1. The Kier molecular flexibility index (Phi) is 8.58. The molecule has 9 nitrogen and oxygen atoms in total. The highest BCUT2D eigenvalue weighted by Gasteiger charge is 2.36. The molecule has 1 aromatic rings. The molecule has 0 aliphatic carbocycles. The minimum absolute atomic E-state index is 0.0698. The van der Waals surface area contributed by atoms with Crippen molar-refractivity contribution >= 4 is 40.9 Å². The van der Waals surface area contributed by atoms with Crippen LogP contribution in [0, 0.1) is 11.7 Å². The molecule has 3 atom stereocenters. The summed E-state index contributed by atoms with van der Waals surface area (Å²) in [5.74, 6) is -7.01. The summed E-state index contributed by atoms with van der Waals surface area (Å²) in [5.41, 5.74) is 0.0698. The molecule has 0 saturated carbocycles. The van der Waals surface area contributed by atoms with Crippen LogP contribution in [0.25, 0.3) is 0 Å². The molecule has 0 amide bonds. The SMILES string of the molecule is CC(NS(=O)(=O)Cc1ccc(F)cc1Cl)P(=O)(O)CC(CCC(=O)O)C(=O)O. The van der Waals surface area contributed by atoms with Gasteiger partial charge in [0.05, 0.1) is 17.5 Å². The van der Waals surface area contributed by atoms with Crippen LogP contribution in [0.5, 0.6) is 0 Å². The number of carboxylic acids is 2. The largest absolute Gasteiger partial charge is 0.481 e. The van der Waals surface area contributed by atoms with E-state index in [1.165, 1.54) is 0 Å². The molecule has 158 valence electrons. The van der Waals surface area contributed by atoms with Crippen molar-refractivity contribution in [3.05, 3.63) is 34.6 Å². The van der Waals surface area contributed by atoms with Crippen LogP contribution in [-0.4, -0.2) is 47.4 Å². The Morgan fingerprint density at radius 3 is 2.43 bits per heavy atom. The maximum atomic E-state index is 13.0. The zero-order chi connectivity index (χ0) is 21.7. The highest BCUT2D eigenvalue weighted by atomic mass is 35.5. The minimum Gasteiger partial charge on any atom is -0.481 e. The van der Waals surface area contributed by atoms with Crippen molar-refractivity contribution in [2.75, 3.05) is 6.16 Å². The zero-order valence-corrected chi connectivity index (χ0v) is 17.2. The van der Waals surface area contributed by atoms with Gasteiger partial charge in [-0.2, -0.15) is 0 Å². The molecule has 0 spiro atoms. The van der Waals surface area contributed by atoms with Gasteiger partial charge in [0, 0.05) is 17.6 Å². The second-order valence-corrected chi connectivity index (χ2v) is 11.0. The first-order chi connectivity index (χ1) is 12.7. The van der Waals surface area contributed by atoms with E-state index in [4.69, 9.17) is 21.8 Å². The zero-order valence-electron chi connectivity index (χ0n) is 14.7. The number of benzene rings is 1.